The topological polar surface area (TPSA) is 86.7 Å². The van der Waals surface area contributed by atoms with Crippen molar-refractivity contribution in [3.05, 3.63) is 0 Å². The Morgan fingerprint density at radius 3 is 2.17 bits per heavy atom. The van der Waals surface area contributed by atoms with E-state index in [0.29, 0.717) is 12.8 Å². The maximum absolute atomic E-state index is 12.2. The number of esters is 1. The second-order valence-electron chi connectivity index (χ2n) is 6.14. The van der Waals surface area contributed by atoms with Crippen LogP contribution in [0.4, 0.5) is 0 Å². The number of unbranched alkanes of at least 4 members (excludes halogenated alkanes) is 4. The molecule has 1 saturated heterocycles. The molecule has 1 amide bonds. The van der Waals surface area contributed by atoms with Gasteiger partial charge in [0.1, 0.15) is 6.10 Å². The molecule has 0 aliphatic carbocycles. The average Bonchev–Trinajstić information content (AvgIpc) is 2.92. The number of aliphatic carboxylic acids is 1. The summed E-state index contributed by atoms with van der Waals surface area (Å²) in [5, 5.41) is 11.2. The molecule has 24 heavy (non-hydrogen) atoms. The van der Waals surface area contributed by atoms with Gasteiger partial charge in [0.15, 0.2) is 0 Å². The van der Waals surface area contributed by atoms with E-state index >= 15 is 0 Å². The molecule has 1 aliphatic rings. The summed E-state index contributed by atoms with van der Waals surface area (Å²) < 4.78 is 5.32. The molecule has 132 valence electrons. The van der Waals surface area contributed by atoms with Crippen LogP contribution in [0.15, 0.2) is 0 Å². The van der Waals surface area contributed by atoms with Crippen LogP contribution in [0, 0.1) is 0 Å². The van der Waals surface area contributed by atoms with Crippen molar-refractivity contribution in [3.63, 3.8) is 0 Å². The number of hydrogen-bond donors (Lipinski definition) is 0. The van der Waals surface area contributed by atoms with Gasteiger partial charge in [0, 0.05) is 19.3 Å². The molecule has 0 aromatic heterocycles. The van der Waals surface area contributed by atoms with Crippen LogP contribution in [-0.2, 0) is 19.1 Å². The van der Waals surface area contributed by atoms with Gasteiger partial charge in [0.25, 0.3) is 0 Å². The minimum absolute atomic E-state index is 0. The first-order valence-electron chi connectivity index (χ1n) is 8.69. The molecule has 0 N–H and O–H groups in total. The van der Waals surface area contributed by atoms with E-state index in [4.69, 9.17) is 4.74 Å². The molecule has 0 unspecified atom stereocenters. The Morgan fingerprint density at radius 1 is 1.04 bits per heavy atom. The molecule has 0 radical (unpaired) electrons. The van der Waals surface area contributed by atoms with E-state index < -0.39 is 18.1 Å². The standard InChI is InChI=1S/C17H29NO5.Na/c1-3-5-7-9-15(19)18-12-13(11-14(18)17(21)22)23-16(20)10-8-6-4-2;/h13-14H,3-12H2,1-2H3,(H,21,22);/q;+1/p-1/t13-,14+;/m1./s1. The molecule has 0 bridgehead atoms. The molecule has 7 heteroatoms. The number of carboxylic acids is 1. The fraction of sp³-hybridized carbons (Fsp3) is 0.824. The van der Waals surface area contributed by atoms with Crippen LogP contribution in [0.2, 0.25) is 0 Å². The van der Waals surface area contributed by atoms with Crippen LogP contribution in [0.25, 0.3) is 0 Å². The summed E-state index contributed by atoms with van der Waals surface area (Å²) >= 11 is 0. The smallest absolute Gasteiger partial charge is 0.548 e. The third-order valence-corrected chi connectivity index (χ3v) is 4.13. The molecule has 1 fully saturated rings. The molecule has 1 heterocycles. The van der Waals surface area contributed by atoms with E-state index in [1.807, 2.05) is 6.92 Å². The number of carbonyl (C=O) groups excluding carboxylic acids is 3. The van der Waals surface area contributed by atoms with E-state index in [0.717, 1.165) is 38.5 Å². The van der Waals surface area contributed by atoms with Gasteiger partial charge in [-0.15, -0.1) is 0 Å². The number of hydrogen-bond acceptors (Lipinski definition) is 5. The number of likely N-dealkylation sites (tertiary alicyclic amines) is 1. The van der Waals surface area contributed by atoms with Crippen LogP contribution < -0.4 is 34.7 Å². The Labute approximate surface area is 166 Å². The Bertz CT molecular complexity index is 416. The molecular weight excluding hydrogens is 321 g/mol. The van der Waals surface area contributed by atoms with Crippen molar-refractivity contribution in [2.75, 3.05) is 6.54 Å². The normalized spacial score (nSPS) is 19.7. The van der Waals surface area contributed by atoms with Crippen molar-refractivity contribution in [3.8, 4) is 0 Å². The van der Waals surface area contributed by atoms with Crippen molar-refractivity contribution in [1.29, 1.82) is 0 Å². The molecule has 6 nitrogen and oxygen atoms in total. The van der Waals surface area contributed by atoms with Gasteiger partial charge in [-0.2, -0.15) is 0 Å². The first-order chi connectivity index (χ1) is 11.0. The van der Waals surface area contributed by atoms with E-state index in [9.17, 15) is 19.5 Å². The minimum atomic E-state index is -1.28. The Kier molecular flexibility index (Phi) is 12.4. The maximum atomic E-state index is 12.2. The SMILES string of the molecule is CCCCCC(=O)O[C@@H]1C[C@@H](C(=O)[O-])N(C(=O)CCCCC)C1.[Na+]. The van der Waals surface area contributed by atoms with Crippen LogP contribution in [0.5, 0.6) is 0 Å². The van der Waals surface area contributed by atoms with Gasteiger partial charge in [-0.25, -0.2) is 0 Å². The van der Waals surface area contributed by atoms with E-state index in [2.05, 4.69) is 6.92 Å². The zero-order chi connectivity index (χ0) is 17.2. The summed E-state index contributed by atoms with van der Waals surface area (Å²) in [6.07, 6.45) is 5.68. The average molecular weight is 349 g/mol. The first kappa shape index (κ1) is 23.4. The molecule has 0 spiro atoms. The Balaban J connectivity index is 0.00000529. The molecule has 0 aromatic carbocycles. The molecule has 0 aromatic rings. The predicted octanol–water partition coefficient (Wildman–Crippen LogP) is -1.59. The molecule has 0 saturated carbocycles. The molecule has 2 atom stereocenters. The molecule has 1 rings (SSSR count). The summed E-state index contributed by atoms with van der Waals surface area (Å²) in [4.78, 5) is 36.5. The van der Waals surface area contributed by atoms with Gasteiger partial charge < -0.3 is 19.5 Å². The number of amides is 1. The van der Waals surface area contributed by atoms with Crippen molar-refractivity contribution in [2.24, 2.45) is 0 Å². The monoisotopic (exact) mass is 349 g/mol. The van der Waals surface area contributed by atoms with Crippen LogP contribution in [0.1, 0.15) is 71.6 Å². The molecular formula is C17H28NNaO5. The summed E-state index contributed by atoms with van der Waals surface area (Å²) in [7, 11) is 0. The van der Waals surface area contributed by atoms with Crippen molar-refractivity contribution in [1.82, 2.24) is 4.90 Å². The number of nitrogens with zero attached hydrogens (tertiary/aromatic N) is 1. The van der Waals surface area contributed by atoms with Crippen molar-refractivity contribution in [2.45, 2.75) is 83.8 Å². The Hall–Kier alpha value is -0.590. The van der Waals surface area contributed by atoms with Gasteiger partial charge in [0.05, 0.1) is 18.6 Å². The third-order valence-electron chi connectivity index (χ3n) is 4.13. The van der Waals surface area contributed by atoms with Gasteiger partial charge in [-0.05, 0) is 12.8 Å². The van der Waals surface area contributed by atoms with Gasteiger partial charge in [-0.1, -0.05) is 39.5 Å². The fourth-order valence-electron chi connectivity index (χ4n) is 2.82. The third kappa shape index (κ3) is 7.99. The quantitative estimate of drug-likeness (QED) is 0.270. The van der Waals surface area contributed by atoms with Gasteiger partial charge in [0.2, 0.25) is 5.91 Å². The first-order valence-corrected chi connectivity index (χ1v) is 8.69. The number of rotatable bonds is 10. The van der Waals surface area contributed by atoms with Gasteiger partial charge in [-0.3, -0.25) is 9.59 Å². The van der Waals surface area contributed by atoms with E-state index in [1.165, 1.54) is 4.90 Å². The van der Waals surface area contributed by atoms with Crippen molar-refractivity contribution >= 4 is 17.8 Å². The van der Waals surface area contributed by atoms with Crippen LogP contribution >= 0.6 is 0 Å². The van der Waals surface area contributed by atoms with Crippen molar-refractivity contribution < 1.29 is 53.8 Å². The summed E-state index contributed by atoms with van der Waals surface area (Å²) in [5.41, 5.74) is 0. The zero-order valence-electron chi connectivity index (χ0n) is 15.2. The summed E-state index contributed by atoms with van der Waals surface area (Å²) in [6, 6.07) is -0.988. The second-order valence-corrected chi connectivity index (χ2v) is 6.14. The number of carbonyl (C=O) groups is 3. The minimum Gasteiger partial charge on any atom is -0.548 e. The van der Waals surface area contributed by atoms with E-state index in [1.54, 1.807) is 0 Å². The van der Waals surface area contributed by atoms with Crippen LogP contribution in [0.3, 0.4) is 0 Å². The largest absolute Gasteiger partial charge is 1.00 e. The number of ether oxygens (including phenoxy) is 1. The maximum Gasteiger partial charge on any atom is 1.00 e. The zero-order valence-corrected chi connectivity index (χ0v) is 17.2. The van der Waals surface area contributed by atoms with Gasteiger partial charge >= 0.3 is 35.5 Å². The summed E-state index contributed by atoms with van der Waals surface area (Å²) in [5.74, 6) is -1.80. The summed E-state index contributed by atoms with van der Waals surface area (Å²) in [6.45, 7) is 4.25. The molecule has 1 aliphatic heterocycles. The predicted molar refractivity (Wildman–Crippen MR) is 83.3 cm³/mol. The fourth-order valence-corrected chi connectivity index (χ4v) is 2.82. The second kappa shape index (κ2) is 12.7. The number of carboxylic acid groups (broad SMARTS) is 1. The van der Waals surface area contributed by atoms with Crippen LogP contribution in [-0.4, -0.2) is 41.4 Å². The Morgan fingerprint density at radius 2 is 1.62 bits per heavy atom. The van der Waals surface area contributed by atoms with E-state index in [-0.39, 0.29) is 54.4 Å².